The van der Waals surface area contributed by atoms with Crippen LogP contribution in [0.4, 0.5) is 0 Å². The zero-order chi connectivity index (χ0) is 17.8. The van der Waals surface area contributed by atoms with Gasteiger partial charge < -0.3 is 14.5 Å². The SMILES string of the molecule is Cc1c(O)c(-c2cc3ccccc3[nH]2)cc2c3c(c(=O)oc12)CCCC3. The Morgan fingerprint density at radius 1 is 1.08 bits per heavy atom. The zero-order valence-corrected chi connectivity index (χ0v) is 14.6. The van der Waals surface area contributed by atoms with Crippen LogP contribution in [0.3, 0.4) is 0 Å². The van der Waals surface area contributed by atoms with Crippen LogP contribution in [0.1, 0.15) is 29.5 Å². The lowest BCUT2D eigenvalue weighted by Crippen LogP contribution is -2.16. The first-order chi connectivity index (χ1) is 12.6. The Bertz CT molecular complexity index is 1200. The molecule has 0 aliphatic heterocycles. The average Bonchev–Trinajstić information content (AvgIpc) is 3.09. The third-order valence-corrected chi connectivity index (χ3v) is 5.54. The molecule has 130 valence electrons. The number of aromatic nitrogens is 1. The van der Waals surface area contributed by atoms with Crippen molar-refractivity contribution < 1.29 is 9.52 Å². The fraction of sp³-hybridized carbons (Fsp3) is 0.227. The van der Waals surface area contributed by atoms with Gasteiger partial charge in [-0.3, -0.25) is 0 Å². The molecule has 4 heteroatoms. The Morgan fingerprint density at radius 2 is 1.85 bits per heavy atom. The van der Waals surface area contributed by atoms with E-state index in [9.17, 15) is 9.90 Å². The number of aromatic amines is 1. The summed E-state index contributed by atoms with van der Waals surface area (Å²) < 4.78 is 5.60. The largest absolute Gasteiger partial charge is 0.507 e. The van der Waals surface area contributed by atoms with Crippen LogP contribution in [0.5, 0.6) is 5.75 Å². The van der Waals surface area contributed by atoms with Gasteiger partial charge in [-0.15, -0.1) is 0 Å². The number of nitrogens with one attached hydrogen (secondary N) is 1. The molecule has 0 saturated carbocycles. The van der Waals surface area contributed by atoms with Crippen LogP contribution in [-0.2, 0) is 12.8 Å². The van der Waals surface area contributed by atoms with Gasteiger partial charge in [0, 0.05) is 33.0 Å². The average molecular weight is 345 g/mol. The summed E-state index contributed by atoms with van der Waals surface area (Å²) in [5, 5.41) is 12.8. The van der Waals surface area contributed by atoms with Gasteiger partial charge in [0.15, 0.2) is 0 Å². The number of H-pyrrole nitrogens is 1. The van der Waals surface area contributed by atoms with Crippen molar-refractivity contribution >= 4 is 21.9 Å². The summed E-state index contributed by atoms with van der Waals surface area (Å²) in [6.45, 7) is 1.81. The standard InChI is InChI=1S/C22H19NO3/c1-12-20(24)17(19-10-13-6-2-5-9-18(13)23-19)11-16-14-7-3-4-8-15(14)22(25)26-21(12)16/h2,5-6,9-11,23-24H,3-4,7-8H2,1H3. The second-order valence-electron chi connectivity index (χ2n) is 7.10. The number of para-hydroxylation sites is 1. The first-order valence-electron chi connectivity index (χ1n) is 9.03. The van der Waals surface area contributed by atoms with Crippen molar-refractivity contribution in [2.45, 2.75) is 32.6 Å². The molecule has 0 bridgehead atoms. The molecule has 2 N–H and O–H groups in total. The summed E-state index contributed by atoms with van der Waals surface area (Å²) in [6.07, 6.45) is 3.76. The van der Waals surface area contributed by atoms with Gasteiger partial charge in [0.2, 0.25) is 0 Å². The fourth-order valence-electron chi connectivity index (χ4n) is 4.15. The molecule has 2 aromatic carbocycles. The van der Waals surface area contributed by atoms with E-state index in [1.54, 1.807) is 0 Å². The molecule has 0 fully saturated rings. The number of fused-ring (bicyclic) bond motifs is 4. The van der Waals surface area contributed by atoms with Crippen molar-refractivity contribution in [3.8, 4) is 17.0 Å². The van der Waals surface area contributed by atoms with Crippen LogP contribution in [-0.4, -0.2) is 10.1 Å². The number of hydrogen-bond acceptors (Lipinski definition) is 3. The lowest BCUT2D eigenvalue weighted by atomic mass is 9.89. The highest BCUT2D eigenvalue weighted by Crippen LogP contribution is 2.40. The zero-order valence-electron chi connectivity index (χ0n) is 14.6. The van der Waals surface area contributed by atoms with E-state index in [1.165, 1.54) is 0 Å². The summed E-state index contributed by atoms with van der Waals surface area (Å²) in [5.74, 6) is 0.156. The summed E-state index contributed by atoms with van der Waals surface area (Å²) in [7, 11) is 0. The molecule has 1 aliphatic rings. The molecule has 26 heavy (non-hydrogen) atoms. The number of hydrogen-bond donors (Lipinski definition) is 2. The second kappa shape index (κ2) is 5.49. The summed E-state index contributed by atoms with van der Waals surface area (Å²) in [4.78, 5) is 15.7. The van der Waals surface area contributed by atoms with Crippen molar-refractivity contribution in [1.29, 1.82) is 0 Å². The molecule has 0 amide bonds. The molecule has 0 spiro atoms. The van der Waals surface area contributed by atoms with Crippen molar-refractivity contribution in [2.24, 2.45) is 0 Å². The van der Waals surface area contributed by atoms with E-state index in [0.29, 0.717) is 11.1 Å². The molecule has 2 aromatic heterocycles. The maximum absolute atomic E-state index is 12.4. The van der Waals surface area contributed by atoms with Crippen LogP contribution in [0.15, 0.2) is 45.6 Å². The van der Waals surface area contributed by atoms with Crippen LogP contribution in [0.2, 0.25) is 0 Å². The third-order valence-electron chi connectivity index (χ3n) is 5.54. The lowest BCUT2D eigenvalue weighted by molar-refractivity contribution is 0.469. The minimum absolute atomic E-state index is 0.156. The first-order valence-corrected chi connectivity index (χ1v) is 9.03. The summed E-state index contributed by atoms with van der Waals surface area (Å²) in [6, 6.07) is 12.1. The number of phenols is 1. The van der Waals surface area contributed by atoms with Crippen LogP contribution in [0.25, 0.3) is 33.1 Å². The monoisotopic (exact) mass is 345 g/mol. The Labute approximate surface area is 150 Å². The summed E-state index contributed by atoms with van der Waals surface area (Å²) >= 11 is 0. The molecule has 0 saturated heterocycles. The highest BCUT2D eigenvalue weighted by molar-refractivity contribution is 5.94. The van der Waals surface area contributed by atoms with E-state index in [0.717, 1.165) is 64.4 Å². The van der Waals surface area contributed by atoms with Gasteiger partial charge in [0.05, 0.1) is 5.69 Å². The predicted octanol–water partition coefficient (Wildman–Crippen LogP) is 4.83. The van der Waals surface area contributed by atoms with Crippen LogP contribution < -0.4 is 5.63 Å². The topological polar surface area (TPSA) is 66.2 Å². The number of benzene rings is 2. The second-order valence-corrected chi connectivity index (χ2v) is 7.10. The summed E-state index contributed by atoms with van der Waals surface area (Å²) in [5.41, 5.74) is 5.39. The Balaban J connectivity index is 1.85. The molecular formula is C22H19NO3. The maximum atomic E-state index is 12.4. The number of rotatable bonds is 1. The van der Waals surface area contributed by atoms with Gasteiger partial charge in [0.1, 0.15) is 11.3 Å². The van der Waals surface area contributed by atoms with E-state index < -0.39 is 0 Å². The first kappa shape index (κ1) is 15.3. The van der Waals surface area contributed by atoms with Gasteiger partial charge in [-0.1, -0.05) is 18.2 Å². The van der Waals surface area contributed by atoms with E-state index in [2.05, 4.69) is 4.98 Å². The minimum atomic E-state index is -0.256. The van der Waals surface area contributed by atoms with Gasteiger partial charge in [0.25, 0.3) is 0 Å². The number of aryl methyl sites for hydroxylation is 2. The molecule has 2 heterocycles. The molecule has 5 rings (SSSR count). The van der Waals surface area contributed by atoms with E-state index in [1.807, 2.05) is 43.3 Å². The van der Waals surface area contributed by atoms with Gasteiger partial charge in [-0.05, 0) is 56.4 Å². The van der Waals surface area contributed by atoms with Gasteiger partial charge >= 0.3 is 5.63 Å². The number of phenolic OH excluding ortho intramolecular Hbond substituents is 1. The van der Waals surface area contributed by atoms with Gasteiger partial charge in [-0.2, -0.15) is 0 Å². The quantitative estimate of drug-likeness (QED) is 0.485. The van der Waals surface area contributed by atoms with E-state index in [-0.39, 0.29) is 11.4 Å². The molecule has 4 aromatic rings. The smallest absolute Gasteiger partial charge is 0.339 e. The molecule has 4 nitrogen and oxygen atoms in total. The predicted molar refractivity (Wildman–Crippen MR) is 103 cm³/mol. The maximum Gasteiger partial charge on any atom is 0.339 e. The Hall–Kier alpha value is -3.01. The fourth-order valence-corrected chi connectivity index (χ4v) is 4.15. The van der Waals surface area contributed by atoms with Crippen molar-refractivity contribution in [2.75, 3.05) is 0 Å². The third kappa shape index (κ3) is 2.11. The van der Waals surface area contributed by atoms with Crippen molar-refractivity contribution in [3.05, 3.63) is 63.5 Å². The van der Waals surface area contributed by atoms with Crippen molar-refractivity contribution in [3.63, 3.8) is 0 Å². The molecule has 0 radical (unpaired) electrons. The molecule has 0 unspecified atom stereocenters. The normalized spacial score (nSPS) is 14.0. The Morgan fingerprint density at radius 3 is 2.65 bits per heavy atom. The van der Waals surface area contributed by atoms with Gasteiger partial charge in [-0.25, -0.2) is 4.79 Å². The number of aromatic hydroxyl groups is 1. The van der Waals surface area contributed by atoms with E-state index in [4.69, 9.17) is 4.42 Å². The minimum Gasteiger partial charge on any atom is -0.507 e. The lowest BCUT2D eigenvalue weighted by Gasteiger charge is -2.18. The van der Waals surface area contributed by atoms with Crippen molar-refractivity contribution in [1.82, 2.24) is 4.98 Å². The van der Waals surface area contributed by atoms with E-state index >= 15 is 0 Å². The highest BCUT2D eigenvalue weighted by Gasteiger charge is 2.22. The molecule has 0 atom stereocenters. The Kier molecular flexibility index (Phi) is 3.23. The molecular weight excluding hydrogens is 326 g/mol. The van der Waals surface area contributed by atoms with Crippen LogP contribution >= 0.6 is 0 Å². The molecule has 1 aliphatic carbocycles. The highest BCUT2D eigenvalue weighted by atomic mass is 16.4. The van der Waals surface area contributed by atoms with Crippen LogP contribution in [0, 0.1) is 6.92 Å².